The van der Waals surface area contributed by atoms with Gasteiger partial charge in [-0.2, -0.15) is 5.10 Å². The maximum Gasteiger partial charge on any atom is 0.227 e. The Morgan fingerprint density at radius 1 is 1.24 bits per heavy atom. The van der Waals surface area contributed by atoms with Crippen molar-refractivity contribution in [2.24, 2.45) is 0 Å². The summed E-state index contributed by atoms with van der Waals surface area (Å²) in [6.07, 6.45) is 6.80. The maximum absolute atomic E-state index is 4.71. The summed E-state index contributed by atoms with van der Waals surface area (Å²) in [6.45, 7) is 7.25. The number of fused-ring (bicyclic) bond motifs is 1. The molecule has 2 aromatic heterocycles. The van der Waals surface area contributed by atoms with Gasteiger partial charge in [0.2, 0.25) is 5.95 Å². The lowest BCUT2D eigenvalue weighted by Gasteiger charge is -2.09. The molecule has 2 N–H and O–H groups in total. The number of anilines is 3. The number of aromatic nitrogens is 4. The Labute approximate surface area is 147 Å². The molecule has 0 aliphatic carbocycles. The number of hydrogen-bond donors (Lipinski definition) is 2. The molecule has 3 aromatic rings. The minimum absolute atomic E-state index is 0.327. The smallest absolute Gasteiger partial charge is 0.227 e. The van der Waals surface area contributed by atoms with Crippen molar-refractivity contribution in [3.8, 4) is 11.3 Å². The van der Waals surface area contributed by atoms with Crippen LogP contribution in [0.1, 0.15) is 31.0 Å². The molecule has 0 bridgehead atoms. The van der Waals surface area contributed by atoms with Gasteiger partial charge in [0.15, 0.2) is 0 Å². The van der Waals surface area contributed by atoms with Gasteiger partial charge in [0.25, 0.3) is 0 Å². The third kappa shape index (κ3) is 3.07. The Morgan fingerprint density at radius 3 is 2.92 bits per heavy atom. The molecular weight excluding hydrogens is 312 g/mol. The van der Waals surface area contributed by atoms with E-state index in [4.69, 9.17) is 4.98 Å². The van der Waals surface area contributed by atoms with Crippen LogP contribution in [0, 0.1) is 6.92 Å². The first kappa shape index (κ1) is 15.6. The molecule has 1 aromatic carbocycles. The summed E-state index contributed by atoms with van der Waals surface area (Å²) in [5, 5.41) is 11.1. The first-order valence-corrected chi connectivity index (χ1v) is 8.62. The molecule has 3 heterocycles. The lowest BCUT2D eigenvalue weighted by atomic mass is 10.1. The molecule has 0 unspecified atom stereocenters. The van der Waals surface area contributed by atoms with Gasteiger partial charge in [0.1, 0.15) is 0 Å². The highest BCUT2D eigenvalue weighted by molar-refractivity contribution is 5.67. The van der Waals surface area contributed by atoms with Crippen molar-refractivity contribution in [2.75, 3.05) is 17.2 Å². The van der Waals surface area contributed by atoms with Gasteiger partial charge in [0.05, 0.1) is 11.9 Å². The molecule has 128 valence electrons. The Bertz CT molecular complexity index is 912. The average molecular weight is 334 g/mol. The molecule has 1 aliphatic heterocycles. The molecule has 0 radical (unpaired) electrons. The third-order valence-corrected chi connectivity index (χ3v) is 4.45. The average Bonchev–Trinajstić information content (AvgIpc) is 3.25. The van der Waals surface area contributed by atoms with Gasteiger partial charge >= 0.3 is 0 Å². The van der Waals surface area contributed by atoms with E-state index < -0.39 is 0 Å². The molecule has 0 spiro atoms. The van der Waals surface area contributed by atoms with Gasteiger partial charge in [0, 0.05) is 41.9 Å². The van der Waals surface area contributed by atoms with Gasteiger partial charge in [-0.25, -0.2) is 9.97 Å². The topological polar surface area (TPSA) is 67.7 Å². The molecule has 0 atom stereocenters. The van der Waals surface area contributed by atoms with E-state index in [0.29, 0.717) is 12.0 Å². The van der Waals surface area contributed by atoms with Crippen LogP contribution in [-0.2, 0) is 6.42 Å². The summed E-state index contributed by atoms with van der Waals surface area (Å²) in [7, 11) is 0. The molecule has 6 nitrogen and oxygen atoms in total. The summed E-state index contributed by atoms with van der Waals surface area (Å²) in [6, 6.07) is 6.65. The lowest BCUT2D eigenvalue weighted by molar-refractivity contribution is 0.532. The molecule has 0 amide bonds. The van der Waals surface area contributed by atoms with Crippen LogP contribution in [-0.4, -0.2) is 26.3 Å². The Kier molecular flexibility index (Phi) is 3.87. The summed E-state index contributed by atoms with van der Waals surface area (Å²) >= 11 is 0. The minimum Gasteiger partial charge on any atom is -0.384 e. The third-order valence-electron chi connectivity index (χ3n) is 4.45. The molecule has 1 aliphatic rings. The van der Waals surface area contributed by atoms with Crippen LogP contribution in [0.3, 0.4) is 0 Å². The van der Waals surface area contributed by atoms with Crippen LogP contribution >= 0.6 is 0 Å². The molecule has 25 heavy (non-hydrogen) atoms. The Hall–Kier alpha value is -2.89. The van der Waals surface area contributed by atoms with Gasteiger partial charge in [-0.05, 0) is 56.5 Å². The number of hydrogen-bond acceptors (Lipinski definition) is 5. The predicted octanol–water partition coefficient (Wildman–Crippen LogP) is 3.94. The van der Waals surface area contributed by atoms with Gasteiger partial charge in [-0.1, -0.05) is 0 Å². The van der Waals surface area contributed by atoms with Crippen LogP contribution in [0.5, 0.6) is 0 Å². The van der Waals surface area contributed by atoms with E-state index in [1.165, 1.54) is 11.3 Å². The van der Waals surface area contributed by atoms with Crippen molar-refractivity contribution in [3.63, 3.8) is 0 Å². The van der Waals surface area contributed by atoms with Gasteiger partial charge in [-0.15, -0.1) is 0 Å². The molecular formula is C19H22N6. The van der Waals surface area contributed by atoms with E-state index >= 15 is 0 Å². The summed E-state index contributed by atoms with van der Waals surface area (Å²) in [4.78, 5) is 9.14. The van der Waals surface area contributed by atoms with E-state index in [2.05, 4.69) is 52.8 Å². The second kappa shape index (κ2) is 6.20. The van der Waals surface area contributed by atoms with Gasteiger partial charge < -0.3 is 10.6 Å². The standard InChI is InChI=1S/C19H22N6/c1-12(2)25-11-15(10-22-25)18-13(3)9-21-19(24-18)23-16-4-5-17-14(8-16)6-7-20-17/h4-5,8-12,20H,6-7H2,1-3H3,(H,21,23,24). The minimum atomic E-state index is 0.327. The van der Waals surface area contributed by atoms with Crippen molar-refractivity contribution >= 4 is 17.3 Å². The van der Waals surface area contributed by atoms with Crippen molar-refractivity contribution in [2.45, 2.75) is 33.2 Å². The first-order valence-electron chi connectivity index (χ1n) is 8.62. The van der Waals surface area contributed by atoms with Crippen LogP contribution in [0.15, 0.2) is 36.8 Å². The summed E-state index contributed by atoms with van der Waals surface area (Å²) in [5.41, 5.74) is 6.51. The Morgan fingerprint density at radius 2 is 2.12 bits per heavy atom. The Balaban J connectivity index is 1.63. The second-order valence-electron chi connectivity index (χ2n) is 6.70. The van der Waals surface area contributed by atoms with Crippen LogP contribution in [0.2, 0.25) is 0 Å². The normalized spacial score (nSPS) is 13.0. The zero-order valence-electron chi connectivity index (χ0n) is 14.7. The van der Waals surface area contributed by atoms with Crippen LogP contribution in [0.4, 0.5) is 17.3 Å². The lowest BCUT2D eigenvalue weighted by Crippen LogP contribution is -2.01. The van der Waals surface area contributed by atoms with Crippen LogP contribution in [0.25, 0.3) is 11.3 Å². The van der Waals surface area contributed by atoms with E-state index in [-0.39, 0.29) is 0 Å². The van der Waals surface area contributed by atoms with E-state index in [1.54, 1.807) is 0 Å². The first-order chi connectivity index (χ1) is 12.1. The number of nitrogens with zero attached hydrogens (tertiary/aromatic N) is 4. The maximum atomic E-state index is 4.71. The van der Waals surface area contributed by atoms with Gasteiger partial charge in [-0.3, -0.25) is 4.68 Å². The zero-order valence-corrected chi connectivity index (χ0v) is 14.7. The van der Waals surface area contributed by atoms with Crippen LogP contribution < -0.4 is 10.6 Å². The largest absolute Gasteiger partial charge is 0.384 e. The molecule has 0 fully saturated rings. The highest BCUT2D eigenvalue weighted by Crippen LogP contribution is 2.27. The second-order valence-corrected chi connectivity index (χ2v) is 6.70. The fourth-order valence-corrected chi connectivity index (χ4v) is 3.05. The van der Waals surface area contributed by atoms with Crippen molar-refractivity contribution in [3.05, 3.63) is 47.9 Å². The highest BCUT2D eigenvalue weighted by Gasteiger charge is 2.12. The monoisotopic (exact) mass is 334 g/mol. The number of rotatable bonds is 4. The summed E-state index contributed by atoms with van der Waals surface area (Å²) < 4.78 is 1.94. The SMILES string of the molecule is Cc1cnc(Nc2ccc3c(c2)CCN3)nc1-c1cnn(C(C)C)c1. The molecule has 0 saturated heterocycles. The van der Waals surface area contributed by atoms with Crippen molar-refractivity contribution in [1.29, 1.82) is 0 Å². The molecule has 4 rings (SSSR count). The quantitative estimate of drug-likeness (QED) is 0.756. The molecule has 6 heteroatoms. The number of aryl methyl sites for hydroxylation is 1. The molecule has 0 saturated carbocycles. The van der Waals surface area contributed by atoms with E-state index in [9.17, 15) is 0 Å². The van der Waals surface area contributed by atoms with Crippen molar-refractivity contribution < 1.29 is 0 Å². The highest BCUT2D eigenvalue weighted by atomic mass is 15.3. The zero-order chi connectivity index (χ0) is 17.4. The number of nitrogens with one attached hydrogen (secondary N) is 2. The van der Waals surface area contributed by atoms with E-state index in [1.807, 2.05) is 30.2 Å². The fourth-order valence-electron chi connectivity index (χ4n) is 3.05. The fraction of sp³-hybridized carbons (Fsp3) is 0.316. The number of benzene rings is 1. The predicted molar refractivity (Wildman–Crippen MR) is 100 cm³/mol. The summed E-state index contributed by atoms with van der Waals surface area (Å²) in [5.74, 6) is 0.601. The van der Waals surface area contributed by atoms with Crippen molar-refractivity contribution in [1.82, 2.24) is 19.7 Å². The van der Waals surface area contributed by atoms with E-state index in [0.717, 1.165) is 35.5 Å².